The van der Waals surface area contributed by atoms with Crippen LogP contribution in [0.3, 0.4) is 0 Å². The van der Waals surface area contributed by atoms with E-state index in [1.165, 1.54) is 5.56 Å². The lowest BCUT2D eigenvalue weighted by atomic mass is 9.84. The van der Waals surface area contributed by atoms with Crippen LogP contribution in [0.4, 0.5) is 0 Å². The summed E-state index contributed by atoms with van der Waals surface area (Å²) < 4.78 is 5.00. The van der Waals surface area contributed by atoms with Crippen molar-refractivity contribution in [1.82, 2.24) is 10.6 Å². The third kappa shape index (κ3) is 7.33. The maximum atomic E-state index is 6.06. The minimum absolute atomic E-state index is 0. The molecule has 2 N–H and O–H groups in total. The lowest BCUT2D eigenvalue weighted by Crippen LogP contribution is -2.44. The monoisotopic (exact) mass is 425 g/mol. The van der Waals surface area contributed by atoms with Gasteiger partial charge in [-0.1, -0.05) is 37.6 Å². The fourth-order valence-electron chi connectivity index (χ4n) is 1.81. The summed E-state index contributed by atoms with van der Waals surface area (Å²) in [6, 6.07) is 7.96. The highest BCUT2D eigenvalue weighted by molar-refractivity contribution is 14.0. The van der Waals surface area contributed by atoms with Gasteiger partial charge in [-0.2, -0.15) is 0 Å². The van der Waals surface area contributed by atoms with Crippen LogP contribution >= 0.6 is 35.6 Å². The molecule has 0 aromatic heterocycles. The molecule has 0 aliphatic rings. The molecule has 0 aliphatic carbocycles. The number of guanidine groups is 1. The van der Waals surface area contributed by atoms with Crippen LogP contribution in [0.15, 0.2) is 29.3 Å². The first-order valence-corrected chi connectivity index (χ1v) is 7.07. The Hall–Kier alpha value is -0.530. The molecule has 0 aliphatic heterocycles. The Morgan fingerprint density at radius 1 is 1.33 bits per heavy atom. The number of halogens is 2. The molecule has 0 amide bonds. The van der Waals surface area contributed by atoms with E-state index in [2.05, 4.69) is 35.5 Å². The SMILES string of the molecule is CN=C(NCCOC)NCC(C)(C)c1cccc(Cl)c1.I. The second-order valence-corrected chi connectivity index (χ2v) is 5.68. The number of ether oxygens (including phenoxy) is 1. The highest BCUT2D eigenvalue weighted by Crippen LogP contribution is 2.24. The van der Waals surface area contributed by atoms with Crippen molar-refractivity contribution in [2.75, 3.05) is 33.9 Å². The van der Waals surface area contributed by atoms with Crippen LogP contribution in [0.1, 0.15) is 19.4 Å². The van der Waals surface area contributed by atoms with Crippen LogP contribution in [0.2, 0.25) is 5.02 Å². The van der Waals surface area contributed by atoms with Crippen LogP contribution in [0.5, 0.6) is 0 Å². The number of aliphatic imine (C=N–C) groups is 1. The third-order valence-electron chi connectivity index (χ3n) is 3.13. The summed E-state index contributed by atoms with van der Waals surface area (Å²) in [7, 11) is 3.44. The van der Waals surface area contributed by atoms with Gasteiger partial charge in [0, 0.05) is 37.7 Å². The summed E-state index contributed by atoms with van der Waals surface area (Å²) in [6.45, 7) is 6.49. The molecule has 1 aromatic carbocycles. The Bertz CT molecular complexity index is 452. The molecule has 0 atom stereocenters. The molecule has 0 saturated heterocycles. The quantitative estimate of drug-likeness (QED) is 0.319. The maximum Gasteiger partial charge on any atom is 0.191 e. The highest BCUT2D eigenvalue weighted by Gasteiger charge is 2.21. The number of rotatable bonds is 6. The minimum Gasteiger partial charge on any atom is -0.383 e. The molecular formula is C15H25ClIN3O. The predicted molar refractivity (Wildman–Crippen MR) is 101 cm³/mol. The van der Waals surface area contributed by atoms with Gasteiger partial charge in [0.15, 0.2) is 5.96 Å². The van der Waals surface area contributed by atoms with Gasteiger partial charge < -0.3 is 15.4 Å². The highest BCUT2D eigenvalue weighted by atomic mass is 127. The average Bonchev–Trinajstić information content (AvgIpc) is 2.42. The molecule has 0 unspecified atom stereocenters. The average molecular weight is 426 g/mol. The van der Waals surface area contributed by atoms with Gasteiger partial charge in [0.2, 0.25) is 0 Å². The maximum absolute atomic E-state index is 6.06. The molecule has 4 nitrogen and oxygen atoms in total. The molecule has 0 fully saturated rings. The summed E-state index contributed by atoms with van der Waals surface area (Å²) in [4.78, 5) is 4.19. The van der Waals surface area contributed by atoms with E-state index < -0.39 is 0 Å². The van der Waals surface area contributed by atoms with Crippen LogP contribution < -0.4 is 10.6 Å². The summed E-state index contributed by atoms with van der Waals surface area (Å²) in [5.74, 6) is 0.775. The van der Waals surface area contributed by atoms with Gasteiger partial charge in [0.1, 0.15) is 0 Å². The van der Waals surface area contributed by atoms with Gasteiger partial charge in [-0.05, 0) is 17.7 Å². The van der Waals surface area contributed by atoms with Crippen LogP contribution in [-0.4, -0.2) is 39.8 Å². The van der Waals surface area contributed by atoms with Crippen molar-refractivity contribution in [2.45, 2.75) is 19.3 Å². The molecule has 21 heavy (non-hydrogen) atoms. The first-order chi connectivity index (χ1) is 9.49. The zero-order valence-corrected chi connectivity index (χ0v) is 16.2. The van der Waals surface area contributed by atoms with Gasteiger partial charge in [-0.25, -0.2) is 0 Å². The van der Waals surface area contributed by atoms with Crippen molar-refractivity contribution in [1.29, 1.82) is 0 Å². The first-order valence-electron chi connectivity index (χ1n) is 6.69. The molecule has 0 radical (unpaired) electrons. The Morgan fingerprint density at radius 3 is 2.62 bits per heavy atom. The van der Waals surface area contributed by atoms with Crippen molar-refractivity contribution in [2.24, 2.45) is 4.99 Å². The van der Waals surface area contributed by atoms with Crippen molar-refractivity contribution in [3.05, 3.63) is 34.9 Å². The van der Waals surface area contributed by atoms with Crippen LogP contribution in [0.25, 0.3) is 0 Å². The Morgan fingerprint density at radius 2 is 2.05 bits per heavy atom. The van der Waals surface area contributed by atoms with Crippen molar-refractivity contribution in [3.8, 4) is 0 Å². The van der Waals surface area contributed by atoms with Gasteiger partial charge in [0.25, 0.3) is 0 Å². The Balaban J connectivity index is 0.00000400. The summed E-state index contributed by atoms with van der Waals surface area (Å²) in [6.07, 6.45) is 0. The number of nitrogens with one attached hydrogen (secondary N) is 2. The Labute approximate surface area is 149 Å². The summed E-state index contributed by atoms with van der Waals surface area (Å²) in [5.41, 5.74) is 1.16. The zero-order chi connectivity index (χ0) is 15.0. The lowest BCUT2D eigenvalue weighted by Gasteiger charge is -2.27. The van der Waals surface area contributed by atoms with E-state index in [4.69, 9.17) is 16.3 Å². The second kappa shape index (κ2) is 10.2. The molecule has 1 aromatic rings. The molecular weight excluding hydrogens is 401 g/mol. The van der Waals surface area contributed by atoms with E-state index in [0.29, 0.717) is 6.61 Å². The number of nitrogens with zero attached hydrogens (tertiary/aromatic N) is 1. The van der Waals surface area contributed by atoms with Gasteiger partial charge in [-0.15, -0.1) is 24.0 Å². The summed E-state index contributed by atoms with van der Waals surface area (Å²) >= 11 is 6.06. The van der Waals surface area contributed by atoms with Gasteiger partial charge in [0.05, 0.1) is 6.61 Å². The fourth-order valence-corrected chi connectivity index (χ4v) is 2.00. The largest absolute Gasteiger partial charge is 0.383 e. The smallest absolute Gasteiger partial charge is 0.191 e. The molecule has 0 bridgehead atoms. The number of benzene rings is 1. The van der Waals surface area contributed by atoms with Crippen molar-refractivity contribution in [3.63, 3.8) is 0 Å². The number of methoxy groups -OCH3 is 1. The molecule has 6 heteroatoms. The number of hydrogen-bond donors (Lipinski definition) is 2. The third-order valence-corrected chi connectivity index (χ3v) is 3.36. The molecule has 1 rings (SSSR count). The van der Waals surface area contributed by atoms with Gasteiger partial charge in [-0.3, -0.25) is 4.99 Å². The van der Waals surface area contributed by atoms with Crippen LogP contribution in [0, 0.1) is 0 Å². The van der Waals surface area contributed by atoms with E-state index in [-0.39, 0.29) is 29.4 Å². The van der Waals surface area contributed by atoms with E-state index in [1.54, 1.807) is 14.2 Å². The topological polar surface area (TPSA) is 45.7 Å². The lowest BCUT2D eigenvalue weighted by molar-refractivity contribution is 0.203. The second-order valence-electron chi connectivity index (χ2n) is 5.24. The van der Waals surface area contributed by atoms with E-state index in [0.717, 1.165) is 24.1 Å². The fraction of sp³-hybridized carbons (Fsp3) is 0.533. The standard InChI is InChI=1S/C15H24ClN3O.HI/c1-15(2,12-6-5-7-13(16)10-12)11-19-14(17-3)18-8-9-20-4;/h5-7,10H,8-9,11H2,1-4H3,(H2,17,18,19);1H. The first kappa shape index (κ1) is 20.5. The predicted octanol–water partition coefficient (Wildman–Crippen LogP) is 3.05. The van der Waals surface area contributed by atoms with E-state index >= 15 is 0 Å². The Kier molecular flexibility index (Phi) is 9.98. The molecule has 0 spiro atoms. The normalized spacial score (nSPS) is 11.8. The van der Waals surface area contributed by atoms with Crippen molar-refractivity contribution < 1.29 is 4.74 Å². The molecule has 120 valence electrons. The minimum atomic E-state index is -0.0379. The number of hydrogen-bond acceptors (Lipinski definition) is 2. The van der Waals surface area contributed by atoms with Crippen molar-refractivity contribution >= 4 is 41.5 Å². The summed E-state index contributed by atoms with van der Waals surface area (Å²) in [5, 5.41) is 7.28. The molecule has 0 saturated carbocycles. The van der Waals surface area contributed by atoms with E-state index in [1.807, 2.05) is 18.2 Å². The molecule has 0 heterocycles. The van der Waals surface area contributed by atoms with E-state index in [9.17, 15) is 0 Å². The zero-order valence-electron chi connectivity index (χ0n) is 13.1. The van der Waals surface area contributed by atoms with Gasteiger partial charge >= 0.3 is 0 Å². The van der Waals surface area contributed by atoms with Crippen LogP contribution in [-0.2, 0) is 10.2 Å².